The van der Waals surface area contributed by atoms with E-state index in [4.69, 9.17) is 4.74 Å². The fourth-order valence-corrected chi connectivity index (χ4v) is 3.84. The maximum atomic E-state index is 10.2. The molecule has 2 aromatic rings. The normalized spacial score (nSPS) is 30.4. The molecule has 1 aliphatic rings. The Morgan fingerprint density at radius 2 is 2.15 bits per heavy atom. The van der Waals surface area contributed by atoms with Crippen molar-refractivity contribution in [1.82, 2.24) is 13.9 Å². The zero-order valence-electron chi connectivity index (χ0n) is 10.9. The number of fused-ring (bicyclic) bond motifs is 1. The standard InChI is InChI=1S/C11H15N3O4S2/c1-4-6-10(20-13-4)14(11(12-6)19-2)9-8(17)7(16)5(3-15)18-9/h5,7-9,15-17H,3H2,1-2H3. The van der Waals surface area contributed by atoms with Crippen LogP contribution in [0.25, 0.3) is 10.3 Å². The van der Waals surface area contributed by atoms with Gasteiger partial charge in [0.05, 0.1) is 12.3 Å². The molecular weight excluding hydrogens is 302 g/mol. The van der Waals surface area contributed by atoms with Crippen LogP contribution in [0.3, 0.4) is 0 Å². The second kappa shape index (κ2) is 5.24. The van der Waals surface area contributed by atoms with Gasteiger partial charge in [0.15, 0.2) is 11.4 Å². The second-order valence-corrected chi connectivity index (χ2v) is 6.14. The molecule has 0 aromatic carbocycles. The lowest BCUT2D eigenvalue weighted by molar-refractivity contribution is -0.0543. The van der Waals surface area contributed by atoms with Gasteiger partial charge in [0.25, 0.3) is 0 Å². The molecule has 3 heterocycles. The summed E-state index contributed by atoms with van der Waals surface area (Å²) in [6, 6.07) is 0. The molecule has 0 aliphatic carbocycles. The van der Waals surface area contributed by atoms with Gasteiger partial charge in [-0.1, -0.05) is 11.8 Å². The average molecular weight is 317 g/mol. The smallest absolute Gasteiger partial charge is 0.171 e. The molecule has 110 valence electrons. The Morgan fingerprint density at radius 3 is 2.75 bits per heavy atom. The number of thioether (sulfide) groups is 1. The van der Waals surface area contributed by atoms with Gasteiger partial charge in [-0.3, -0.25) is 4.57 Å². The molecule has 1 aliphatic heterocycles. The molecule has 20 heavy (non-hydrogen) atoms. The van der Waals surface area contributed by atoms with Crippen molar-refractivity contribution in [3.63, 3.8) is 0 Å². The van der Waals surface area contributed by atoms with E-state index in [1.54, 1.807) is 4.57 Å². The molecule has 0 bridgehead atoms. The lowest BCUT2D eigenvalue weighted by atomic mass is 10.1. The van der Waals surface area contributed by atoms with E-state index in [-0.39, 0.29) is 6.61 Å². The fraction of sp³-hybridized carbons (Fsp3) is 0.636. The van der Waals surface area contributed by atoms with Gasteiger partial charge in [-0.15, -0.1) is 0 Å². The van der Waals surface area contributed by atoms with E-state index >= 15 is 0 Å². The molecule has 7 nitrogen and oxygen atoms in total. The third-order valence-corrected chi connectivity index (χ3v) is 4.98. The molecule has 1 saturated heterocycles. The number of aryl methyl sites for hydroxylation is 1. The van der Waals surface area contributed by atoms with Gasteiger partial charge in [-0.2, -0.15) is 4.37 Å². The molecule has 0 amide bonds. The Bertz CT molecular complexity index is 628. The van der Waals surface area contributed by atoms with E-state index in [0.717, 1.165) is 16.0 Å². The Kier molecular flexibility index (Phi) is 3.73. The minimum atomic E-state index is -1.12. The van der Waals surface area contributed by atoms with Crippen LogP contribution in [-0.4, -0.2) is 60.4 Å². The van der Waals surface area contributed by atoms with Crippen LogP contribution >= 0.6 is 23.3 Å². The van der Waals surface area contributed by atoms with Crippen LogP contribution in [0.2, 0.25) is 0 Å². The molecule has 9 heteroatoms. The third kappa shape index (κ3) is 1.97. The SMILES string of the molecule is CSc1nc2c(C)nsc2n1C1OC(CO)C(O)C1O. The topological polar surface area (TPSA) is 101 Å². The van der Waals surface area contributed by atoms with E-state index in [2.05, 4.69) is 9.36 Å². The Morgan fingerprint density at radius 1 is 1.40 bits per heavy atom. The summed E-state index contributed by atoms with van der Waals surface area (Å²) in [5.41, 5.74) is 1.60. The number of aromatic nitrogens is 3. The summed E-state index contributed by atoms with van der Waals surface area (Å²) in [4.78, 5) is 5.28. The molecule has 2 aromatic heterocycles. The highest BCUT2D eigenvalue weighted by molar-refractivity contribution is 7.98. The van der Waals surface area contributed by atoms with Crippen LogP contribution < -0.4 is 0 Å². The number of hydrogen-bond acceptors (Lipinski definition) is 8. The Balaban J connectivity index is 2.09. The summed E-state index contributed by atoms with van der Waals surface area (Å²) >= 11 is 2.71. The van der Waals surface area contributed by atoms with Crippen molar-refractivity contribution in [2.24, 2.45) is 0 Å². The third-order valence-electron chi connectivity index (χ3n) is 3.40. The van der Waals surface area contributed by atoms with Crippen LogP contribution in [0.15, 0.2) is 5.16 Å². The van der Waals surface area contributed by atoms with Gasteiger partial charge in [0.2, 0.25) is 0 Å². The van der Waals surface area contributed by atoms with Crippen molar-refractivity contribution in [3.8, 4) is 0 Å². The molecule has 4 atom stereocenters. The molecule has 3 N–H and O–H groups in total. The Hall–Kier alpha value is -0.710. The summed E-state index contributed by atoms with van der Waals surface area (Å²) in [5.74, 6) is 0. The summed E-state index contributed by atoms with van der Waals surface area (Å²) in [7, 11) is 0. The first-order chi connectivity index (χ1) is 9.58. The van der Waals surface area contributed by atoms with E-state index in [1.807, 2.05) is 13.2 Å². The van der Waals surface area contributed by atoms with E-state index in [9.17, 15) is 15.3 Å². The van der Waals surface area contributed by atoms with Crippen molar-refractivity contribution < 1.29 is 20.1 Å². The number of imidazole rings is 1. The molecule has 0 radical (unpaired) electrons. The van der Waals surface area contributed by atoms with Crippen LogP contribution in [0, 0.1) is 6.92 Å². The second-order valence-electron chi connectivity index (χ2n) is 4.62. The quantitative estimate of drug-likeness (QED) is 0.692. The van der Waals surface area contributed by atoms with Crippen molar-refractivity contribution >= 4 is 33.6 Å². The predicted molar refractivity (Wildman–Crippen MR) is 74.9 cm³/mol. The number of rotatable bonds is 3. The van der Waals surface area contributed by atoms with Gasteiger partial charge < -0.3 is 20.1 Å². The predicted octanol–water partition coefficient (Wildman–Crippen LogP) is 0.135. The van der Waals surface area contributed by atoms with Crippen LogP contribution in [0.1, 0.15) is 11.9 Å². The van der Waals surface area contributed by atoms with Gasteiger partial charge in [-0.05, 0) is 24.7 Å². The lowest BCUT2D eigenvalue weighted by Crippen LogP contribution is -2.33. The maximum Gasteiger partial charge on any atom is 0.171 e. The number of nitrogens with zero attached hydrogens (tertiary/aromatic N) is 3. The molecule has 0 spiro atoms. The highest BCUT2D eigenvalue weighted by atomic mass is 32.2. The van der Waals surface area contributed by atoms with Crippen molar-refractivity contribution in [1.29, 1.82) is 0 Å². The lowest BCUT2D eigenvalue weighted by Gasteiger charge is -2.18. The monoisotopic (exact) mass is 317 g/mol. The van der Waals surface area contributed by atoms with Gasteiger partial charge in [-0.25, -0.2) is 4.98 Å². The molecule has 0 saturated carbocycles. The minimum Gasteiger partial charge on any atom is -0.394 e. The van der Waals surface area contributed by atoms with Gasteiger partial charge in [0, 0.05) is 0 Å². The number of hydrogen-bond donors (Lipinski definition) is 3. The van der Waals surface area contributed by atoms with E-state index in [1.165, 1.54) is 23.3 Å². The number of aliphatic hydroxyl groups is 3. The molecule has 3 rings (SSSR count). The first kappa shape index (κ1) is 14.2. The zero-order valence-corrected chi connectivity index (χ0v) is 12.6. The average Bonchev–Trinajstić information content (AvgIpc) is 3.06. The fourth-order valence-electron chi connectivity index (χ4n) is 2.34. The highest BCUT2D eigenvalue weighted by Crippen LogP contribution is 2.37. The van der Waals surface area contributed by atoms with E-state index in [0.29, 0.717) is 5.16 Å². The zero-order chi connectivity index (χ0) is 14.4. The molecule has 4 unspecified atom stereocenters. The number of aliphatic hydroxyl groups excluding tert-OH is 3. The van der Waals surface area contributed by atoms with Crippen molar-refractivity contribution in [2.45, 2.75) is 36.6 Å². The van der Waals surface area contributed by atoms with Gasteiger partial charge in [0.1, 0.15) is 28.7 Å². The summed E-state index contributed by atoms with van der Waals surface area (Å²) in [5, 5.41) is 29.9. The van der Waals surface area contributed by atoms with Crippen molar-refractivity contribution in [3.05, 3.63) is 5.69 Å². The van der Waals surface area contributed by atoms with Crippen LogP contribution in [0.5, 0.6) is 0 Å². The summed E-state index contributed by atoms with van der Waals surface area (Å²) in [6.07, 6.45) is -1.92. The molecular formula is C11H15N3O4S2. The van der Waals surface area contributed by atoms with E-state index < -0.39 is 24.5 Å². The largest absolute Gasteiger partial charge is 0.394 e. The number of ether oxygens (including phenoxy) is 1. The Labute approximate surface area is 123 Å². The summed E-state index contributed by atoms with van der Waals surface area (Å²) in [6.45, 7) is 1.53. The summed E-state index contributed by atoms with van der Waals surface area (Å²) < 4.78 is 11.6. The first-order valence-corrected chi connectivity index (χ1v) is 8.09. The minimum absolute atomic E-state index is 0.344. The van der Waals surface area contributed by atoms with Crippen LogP contribution in [-0.2, 0) is 4.74 Å². The first-order valence-electron chi connectivity index (χ1n) is 6.09. The van der Waals surface area contributed by atoms with Crippen LogP contribution in [0.4, 0.5) is 0 Å². The highest BCUT2D eigenvalue weighted by Gasteiger charge is 2.44. The van der Waals surface area contributed by atoms with Gasteiger partial charge >= 0.3 is 0 Å². The molecule has 1 fully saturated rings. The van der Waals surface area contributed by atoms with Crippen molar-refractivity contribution in [2.75, 3.05) is 12.9 Å². The maximum absolute atomic E-state index is 10.2.